The SMILES string of the molecule is CCS(C)(CCCNC(=O)C(C)C)CC(C)C. The first-order chi connectivity index (χ1) is 7.80. The highest BCUT2D eigenvalue weighted by atomic mass is 32.3. The molecule has 0 spiro atoms. The Kier molecular flexibility index (Phi) is 7.93. The molecule has 0 aromatic carbocycles. The Morgan fingerprint density at radius 3 is 2.24 bits per heavy atom. The van der Waals surface area contributed by atoms with Gasteiger partial charge in [-0.3, -0.25) is 4.79 Å². The van der Waals surface area contributed by atoms with Gasteiger partial charge in [0.15, 0.2) is 0 Å². The fourth-order valence-corrected chi connectivity index (χ4v) is 5.13. The number of nitrogens with one attached hydrogen (secondary N) is 1. The van der Waals surface area contributed by atoms with E-state index < -0.39 is 10.0 Å². The van der Waals surface area contributed by atoms with Gasteiger partial charge in [-0.1, -0.05) is 34.6 Å². The van der Waals surface area contributed by atoms with Crippen LogP contribution in [-0.2, 0) is 4.79 Å². The van der Waals surface area contributed by atoms with Crippen LogP contribution in [0.4, 0.5) is 0 Å². The second-order valence-corrected chi connectivity index (χ2v) is 10.1. The van der Waals surface area contributed by atoms with Gasteiger partial charge < -0.3 is 5.32 Å². The molecule has 0 saturated heterocycles. The molecule has 0 radical (unpaired) electrons. The van der Waals surface area contributed by atoms with Crippen LogP contribution in [0.3, 0.4) is 0 Å². The first-order valence-corrected chi connectivity index (χ1v) is 9.34. The Morgan fingerprint density at radius 2 is 1.82 bits per heavy atom. The second kappa shape index (κ2) is 8.02. The van der Waals surface area contributed by atoms with Crippen LogP contribution in [0.1, 0.15) is 41.0 Å². The third-order valence-electron chi connectivity index (χ3n) is 3.07. The molecule has 1 amide bonds. The van der Waals surface area contributed by atoms with Gasteiger partial charge in [0.1, 0.15) is 0 Å². The average molecular weight is 261 g/mol. The minimum absolute atomic E-state index is 0.107. The third kappa shape index (κ3) is 7.69. The summed E-state index contributed by atoms with van der Waals surface area (Å²) in [4.78, 5) is 11.4. The van der Waals surface area contributed by atoms with Gasteiger partial charge in [-0.15, -0.1) is 0 Å². The highest BCUT2D eigenvalue weighted by Gasteiger charge is 2.17. The minimum atomic E-state index is -0.446. The lowest BCUT2D eigenvalue weighted by Crippen LogP contribution is -2.29. The maximum Gasteiger partial charge on any atom is 0.222 e. The average Bonchev–Trinajstić information content (AvgIpc) is 2.23. The molecule has 1 atom stereocenters. The summed E-state index contributed by atoms with van der Waals surface area (Å²) < 4.78 is 0. The van der Waals surface area contributed by atoms with Gasteiger partial charge in [0.2, 0.25) is 5.91 Å². The van der Waals surface area contributed by atoms with Crippen molar-refractivity contribution < 1.29 is 4.79 Å². The number of hydrogen-bond acceptors (Lipinski definition) is 1. The van der Waals surface area contributed by atoms with Crippen LogP contribution in [0.15, 0.2) is 0 Å². The van der Waals surface area contributed by atoms with E-state index in [1.807, 2.05) is 13.8 Å². The Morgan fingerprint density at radius 1 is 1.24 bits per heavy atom. The number of carbonyl (C=O) groups excluding carboxylic acids is 1. The van der Waals surface area contributed by atoms with Crippen LogP contribution in [0.5, 0.6) is 0 Å². The summed E-state index contributed by atoms with van der Waals surface area (Å²) >= 11 is 0. The van der Waals surface area contributed by atoms with Crippen LogP contribution in [0, 0.1) is 11.8 Å². The van der Waals surface area contributed by atoms with Gasteiger partial charge in [0, 0.05) is 12.5 Å². The monoisotopic (exact) mass is 261 g/mol. The lowest BCUT2D eigenvalue weighted by Gasteiger charge is -2.36. The van der Waals surface area contributed by atoms with E-state index in [1.54, 1.807) is 0 Å². The molecule has 3 heteroatoms. The maximum atomic E-state index is 11.4. The maximum absolute atomic E-state index is 11.4. The smallest absolute Gasteiger partial charge is 0.222 e. The Balaban J connectivity index is 3.88. The quantitative estimate of drug-likeness (QED) is 0.668. The van der Waals surface area contributed by atoms with Crippen molar-refractivity contribution in [1.82, 2.24) is 5.32 Å². The molecule has 0 fully saturated rings. The molecule has 0 aliphatic rings. The minimum Gasteiger partial charge on any atom is -0.356 e. The van der Waals surface area contributed by atoms with Gasteiger partial charge >= 0.3 is 0 Å². The first-order valence-electron chi connectivity index (χ1n) is 6.80. The Bertz CT molecular complexity index is 228. The van der Waals surface area contributed by atoms with Crippen molar-refractivity contribution in [1.29, 1.82) is 0 Å². The van der Waals surface area contributed by atoms with Crippen molar-refractivity contribution in [3.8, 4) is 0 Å². The fourth-order valence-electron chi connectivity index (χ4n) is 1.99. The van der Waals surface area contributed by atoms with E-state index in [-0.39, 0.29) is 11.8 Å². The predicted molar refractivity (Wildman–Crippen MR) is 81.1 cm³/mol. The first kappa shape index (κ1) is 16.8. The van der Waals surface area contributed by atoms with Gasteiger partial charge in [0.25, 0.3) is 0 Å². The van der Waals surface area contributed by atoms with E-state index in [9.17, 15) is 4.79 Å². The van der Waals surface area contributed by atoms with Crippen molar-refractivity contribution in [3.63, 3.8) is 0 Å². The summed E-state index contributed by atoms with van der Waals surface area (Å²) in [6, 6.07) is 0. The van der Waals surface area contributed by atoms with E-state index in [1.165, 1.54) is 17.3 Å². The van der Waals surface area contributed by atoms with E-state index in [4.69, 9.17) is 0 Å². The molecule has 0 bridgehead atoms. The zero-order valence-corrected chi connectivity index (χ0v) is 13.3. The summed E-state index contributed by atoms with van der Waals surface area (Å²) in [5.74, 6) is 5.04. The molecule has 0 aliphatic heterocycles. The van der Waals surface area contributed by atoms with Gasteiger partial charge in [-0.2, -0.15) is 0 Å². The standard InChI is InChI=1S/C14H31NOS/c1-7-17(6,11-12(2)3)10-8-9-15-14(16)13(4)5/h12-13H,7-11H2,1-6H3,(H,15,16). The van der Waals surface area contributed by atoms with Crippen molar-refractivity contribution in [2.75, 3.05) is 30.1 Å². The molecule has 0 aromatic heterocycles. The lowest BCUT2D eigenvalue weighted by atomic mass is 10.2. The van der Waals surface area contributed by atoms with Crippen LogP contribution >= 0.6 is 10.0 Å². The summed E-state index contributed by atoms with van der Waals surface area (Å²) in [5, 5.41) is 3.01. The molecule has 0 rings (SSSR count). The zero-order valence-electron chi connectivity index (χ0n) is 12.5. The topological polar surface area (TPSA) is 29.1 Å². The molecule has 104 valence electrons. The van der Waals surface area contributed by atoms with Crippen molar-refractivity contribution in [2.45, 2.75) is 41.0 Å². The van der Waals surface area contributed by atoms with Gasteiger partial charge in [-0.25, -0.2) is 10.0 Å². The number of carbonyl (C=O) groups is 1. The van der Waals surface area contributed by atoms with E-state index in [2.05, 4.69) is 32.3 Å². The van der Waals surface area contributed by atoms with Crippen molar-refractivity contribution in [3.05, 3.63) is 0 Å². The van der Waals surface area contributed by atoms with Gasteiger partial charge in [0.05, 0.1) is 0 Å². The molecule has 1 N–H and O–H groups in total. The molecule has 17 heavy (non-hydrogen) atoms. The Hall–Kier alpha value is -0.180. The number of rotatable bonds is 8. The van der Waals surface area contributed by atoms with Crippen LogP contribution in [0.2, 0.25) is 0 Å². The normalized spacial score (nSPS) is 16.9. The van der Waals surface area contributed by atoms with E-state index >= 15 is 0 Å². The molecule has 0 aromatic rings. The number of amides is 1. The predicted octanol–water partition coefficient (Wildman–Crippen LogP) is 3.26. The lowest BCUT2D eigenvalue weighted by molar-refractivity contribution is -0.123. The summed E-state index contributed by atoms with van der Waals surface area (Å²) in [6.45, 7) is 11.6. The Labute approximate surface area is 109 Å². The molecular formula is C14H31NOS. The molecule has 2 nitrogen and oxygen atoms in total. The zero-order chi connectivity index (χ0) is 13.5. The van der Waals surface area contributed by atoms with Crippen LogP contribution < -0.4 is 5.32 Å². The molecule has 0 saturated carbocycles. The van der Waals surface area contributed by atoms with Crippen molar-refractivity contribution >= 4 is 15.9 Å². The van der Waals surface area contributed by atoms with E-state index in [0.717, 1.165) is 18.9 Å². The van der Waals surface area contributed by atoms with Crippen LogP contribution in [0.25, 0.3) is 0 Å². The molecule has 0 aliphatic carbocycles. The van der Waals surface area contributed by atoms with Crippen LogP contribution in [-0.4, -0.2) is 36.0 Å². The highest BCUT2D eigenvalue weighted by molar-refractivity contribution is 8.33. The van der Waals surface area contributed by atoms with Gasteiger partial charge in [-0.05, 0) is 35.9 Å². The molecule has 0 heterocycles. The highest BCUT2D eigenvalue weighted by Crippen LogP contribution is 2.45. The van der Waals surface area contributed by atoms with Crippen molar-refractivity contribution in [2.24, 2.45) is 11.8 Å². The number of hydrogen-bond donors (Lipinski definition) is 1. The largest absolute Gasteiger partial charge is 0.356 e. The molecular weight excluding hydrogens is 230 g/mol. The summed E-state index contributed by atoms with van der Waals surface area (Å²) in [7, 11) is -0.446. The fraction of sp³-hybridized carbons (Fsp3) is 0.929. The third-order valence-corrected chi connectivity index (χ3v) is 7.21. The summed E-state index contributed by atoms with van der Waals surface area (Å²) in [6.07, 6.45) is 3.59. The summed E-state index contributed by atoms with van der Waals surface area (Å²) in [5.41, 5.74) is 0. The molecule has 1 unspecified atom stereocenters. The second-order valence-electron chi connectivity index (χ2n) is 5.83. The van der Waals surface area contributed by atoms with E-state index in [0.29, 0.717) is 0 Å².